The van der Waals surface area contributed by atoms with E-state index in [-0.39, 0.29) is 0 Å². The fourth-order valence-corrected chi connectivity index (χ4v) is 2.35. The van der Waals surface area contributed by atoms with Crippen LogP contribution in [0.3, 0.4) is 0 Å². The lowest BCUT2D eigenvalue weighted by Gasteiger charge is -2.29. The number of rotatable bonds is 8. The standard InChI is InChI=1S/C13H28N2O2/c1-4-15(12(2)11-16-3)8-7-14-13-5-9-17-10-6-13/h12-14H,4-11H2,1-3H3. The van der Waals surface area contributed by atoms with Crippen molar-refractivity contribution in [3.05, 3.63) is 0 Å². The van der Waals surface area contributed by atoms with Gasteiger partial charge in [0, 0.05) is 45.5 Å². The van der Waals surface area contributed by atoms with E-state index in [1.165, 1.54) is 0 Å². The number of ether oxygens (including phenoxy) is 2. The molecule has 17 heavy (non-hydrogen) atoms. The van der Waals surface area contributed by atoms with Crippen LogP contribution in [-0.2, 0) is 9.47 Å². The fourth-order valence-electron chi connectivity index (χ4n) is 2.35. The smallest absolute Gasteiger partial charge is 0.0615 e. The highest BCUT2D eigenvalue weighted by Gasteiger charge is 2.14. The molecule has 0 aliphatic carbocycles. The number of nitrogens with one attached hydrogen (secondary N) is 1. The van der Waals surface area contributed by atoms with E-state index in [9.17, 15) is 0 Å². The van der Waals surface area contributed by atoms with Crippen LogP contribution in [0.2, 0.25) is 0 Å². The maximum atomic E-state index is 5.35. The predicted molar refractivity (Wildman–Crippen MR) is 70.4 cm³/mol. The van der Waals surface area contributed by atoms with E-state index < -0.39 is 0 Å². The van der Waals surface area contributed by atoms with Crippen molar-refractivity contribution in [3.63, 3.8) is 0 Å². The molecule has 1 fully saturated rings. The molecule has 0 aromatic rings. The molecule has 102 valence electrons. The van der Waals surface area contributed by atoms with Crippen molar-refractivity contribution in [1.29, 1.82) is 0 Å². The van der Waals surface area contributed by atoms with E-state index in [0.717, 1.165) is 52.3 Å². The van der Waals surface area contributed by atoms with Gasteiger partial charge in [0.05, 0.1) is 6.61 Å². The third-order valence-electron chi connectivity index (χ3n) is 3.49. The van der Waals surface area contributed by atoms with Crippen molar-refractivity contribution in [2.45, 2.75) is 38.8 Å². The SMILES string of the molecule is CCN(CCNC1CCOCC1)C(C)COC. The molecule has 0 bridgehead atoms. The lowest BCUT2D eigenvalue weighted by atomic mass is 10.1. The molecule has 1 saturated heterocycles. The first-order chi connectivity index (χ1) is 8.27. The van der Waals surface area contributed by atoms with E-state index in [1.807, 2.05) is 0 Å². The Morgan fingerprint density at radius 1 is 1.41 bits per heavy atom. The summed E-state index contributed by atoms with van der Waals surface area (Å²) in [6.07, 6.45) is 2.31. The fraction of sp³-hybridized carbons (Fsp3) is 1.00. The average molecular weight is 244 g/mol. The number of likely N-dealkylation sites (N-methyl/N-ethyl adjacent to an activating group) is 1. The van der Waals surface area contributed by atoms with E-state index in [2.05, 4.69) is 24.1 Å². The molecule has 1 heterocycles. The highest BCUT2D eigenvalue weighted by molar-refractivity contribution is 4.72. The Balaban J connectivity index is 2.13. The Bertz CT molecular complexity index is 184. The number of hydrogen-bond donors (Lipinski definition) is 1. The first kappa shape index (κ1) is 14.9. The summed E-state index contributed by atoms with van der Waals surface area (Å²) < 4.78 is 10.6. The van der Waals surface area contributed by atoms with Gasteiger partial charge in [-0.25, -0.2) is 0 Å². The summed E-state index contributed by atoms with van der Waals surface area (Å²) in [7, 11) is 1.77. The van der Waals surface area contributed by atoms with Crippen LogP contribution in [-0.4, -0.2) is 63.5 Å². The van der Waals surface area contributed by atoms with Gasteiger partial charge >= 0.3 is 0 Å². The molecule has 4 nitrogen and oxygen atoms in total. The Morgan fingerprint density at radius 2 is 2.12 bits per heavy atom. The molecule has 1 N–H and O–H groups in total. The molecule has 0 radical (unpaired) electrons. The lowest BCUT2D eigenvalue weighted by molar-refractivity contribution is 0.0743. The summed E-state index contributed by atoms with van der Waals surface area (Å²) in [6, 6.07) is 1.15. The van der Waals surface area contributed by atoms with Gasteiger partial charge in [-0.3, -0.25) is 4.90 Å². The number of nitrogens with zero attached hydrogens (tertiary/aromatic N) is 1. The van der Waals surface area contributed by atoms with Crippen LogP contribution in [0.25, 0.3) is 0 Å². The zero-order valence-corrected chi connectivity index (χ0v) is 11.6. The minimum Gasteiger partial charge on any atom is -0.383 e. The molecule has 4 heteroatoms. The van der Waals surface area contributed by atoms with Gasteiger partial charge in [0.15, 0.2) is 0 Å². The van der Waals surface area contributed by atoms with Crippen LogP contribution < -0.4 is 5.32 Å². The molecule has 1 unspecified atom stereocenters. The van der Waals surface area contributed by atoms with Crippen molar-refractivity contribution < 1.29 is 9.47 Å². The van der Waals surface area contributed by atoms with Gasteiger partial charge in [-0.15, -0.1) is 0 Å². The molecular formula is C13H28N2O2. The molecule has 1 rings (SSSR count). The van der Waals surface area contributed by atoms with Crippen LogP contribution in [0.1, 0.15) is 26.7 Å². The maximum absolute atomic E-state index is 5.35. The second-order valence-corrected chi connectivity index (χ2v) is 4.77. The molecule has 0 amide bonds. The first-order valence-electron chi connectivity index (χ1n) is 6.82. The van der Waals surface area contributed by atoms with Crippen molar-refractivity contribution in [2.24, 2.45) is 0 Å². The summed E-state index contributed by atoms with van der Waals surface area (Å²) in [5.41, 5.74) is 0. The Morgan fingerprint density at radius 3 is 2.71 bits per heavy atom. The summed E-state index contributed by atoms with van der Waals surface area (Å²) in [5.74, 6) is 0. The largest absolute Gasteiger partial charge is 0.383 e. The zero-order valence-electron chi connectivity index (χ0n) is 11.6. The summed E-state index contributed by atoms with van der Waals surface area (Å²) in [6.45, 7) is 10.3. The predicted octanol–water partition coefficient (Wildman–Crippen LogP) is 1.11. The van der Waals surface area contributed by atoms with E-state index in [0.29, 0.717) is 12.1 Å². The topological polar surface area (TPSA) is 33.7 Å². The Labute approximate surface area is 106 Å². The van der Waals surface area contributed by atoms with Crippen LogP contribution in [0.4, 0.5) is 0 Å². The van der Waals surface area contributed by atoms with E-state index in [4.69, 9.17) is 9.47 Å². The van der Waals surface area contributed by atoms with E-state index >= 15 is 0 Å². The summed E-state index contributed by atoms with van der Waals surface area (Å²) in [4.78, 5) is 2.45. The normalized spacial score (nSPS) is 19.8. The minimum atomic E-state index is 0.501. The Hall–Kier alpha value is -0.160. The monoisotopic (exact) mass is 244 g/mol. The minimum absolute atomic E-state index is 0.501. The van der Waals surface area contributed by atoms with Gasteiger partial charge in [0.2, 0.25) is 0 Å². The van der Waals surface area contributed by atoms with Gasteiger partial charge in [0.1, 0.15) is 0 Å². The number of hydrogen-bond acceptors (Lipinski definition) is 4. The van der Waals surface area contributed by atoms with Crippen LogP contribution in [0.5, 0.6) is 0 Å². The van der Waals surface area contributed by atoms with Gasteiger partial charge in [-0.05, 0) is 26.3 Å². The third-order valence-corrected chi connectivity index (χ3v) is 3.49. The maximum Gasteiger partial charge on any atom is 0.0615 e. The van der Waals surface area contributed by atoms with Gasteiger partial charge < -0.3 is 14.8 Å². The molecular weight excluding hydrogens is 216 g/mol. The summed E-state index contributed by atoms with van der Waals surface area (Å²) >= 11 is 0. The molecule has 1 atom stereocenters. The zero-order chi connectivity index (χ0) is 12.5. The average Bonchev–Trinajstić information content (AvgIpc) is 2.36. The van der Waals surface area contributed by atoms with Crippen molar-refractivity contribution >= 4 is 0 Å². The quantitative estimate of drug-likeness (QED) is 0.693. The van der Waals surface area contributed by atoms with Crippen molar-refractivity contribution in [3.8, 4) is 0 Å². The second kappa shape index (κ2) is 8.86. The first-order valence-corrected chi connectivity index (χ1v) is 6.82. The number of methoxy groups -OCH3 is 1. The highest BCUT2D eigenvalue weighted by Crippen LogP contribution is 2.06. The molecule has 0 spiro atoms. The molecule has 1 aliphatic rings. The van der Waals surface area contributed by atoms with Crippen molar-refractivity contribution in [1.82, 2.24) is 10.2 Å². The molecule has 0 saturated carbocycles. The summed E-state index contributed by atoms with van der Waals surface area (Å²) in [5, 5.41) is 3.62. The van der Waals surface area contributed by atoms with Crippen LogP contribution in [0, 0.1) is 0 Å². The van der Waals surface area contributed by atoms with Crippen LogP contribution in [0.15, 0.2) is 0 Å². The Kier molecular flexibility index (Phi) is 7.77. The molecule has 0 aromatic heterocycles. The molecule has 0 aromatic carbocycles. The van der Waals surface area contributed by atoms with Gasteiger partial charge in [-0.2, -0.15) is 0 Å². The van der Waals surface area contributed by atoms with Gasteiger partial charge in [-0.1, -0.05) is 6.92 Å². The second-order valence-electron chi connectivity index (χ2n) is 4.77. The van der Waals surface area contributed by atoms with Gasteiger partial charge in [0.25, 0.3) is 0 Å². The van der Waals surface area contributed by atoms with E-state index in [1.54, 1.807) is 7.11 Å². The van der Waals surface area contributed by atoms with Crippen molar-refractivity contribution in [2.75, 3.05) is 46.6 Å². The lowest BCUT2D eigenvalue weighted by Crippen LogP contribution is -2.43. The van der Waals surface area contributed by atoms with Crippen LogP contribution >= 0.6 is 0 Å². The molecule has 1 aliphatic heterocycles. The highest BCUT2D eigenvalue weighted by atomic mass is 16.5. The third kappa shape index (κ3) is 5.82.